The van der Waals surface area contributed by atoms with Gasteiger partial charge in [-0.2, -0.15) is 0 Å². The Morgan fingerprint density at radius 3 is 2.82 bits per heavy atom. The summed E-state index contributed by atoms with van der Waals surface area (Å²) in [5, 5.41) is 4.99. The number of aryl methyl sites for hydroxylation is 1. The van der Waals surface area contributed by atoms with E-state index < -0.39 is 5.54 Å². The van der Waals surface area contributed by atoms with Gasteiger partial charge in [0.1, 0.15) is 5.54 Å². The zero-order valence-electron chi connectivity index (χ0n) is 12.0. The summed E-state index contributed by atoms with van der Waals surface area (Å²) in [6, 6.07) is 11.3. The van der Waals surface area contributed by atoms with Crippen molar-refractivity contribution in [3.8, 4) is 0 Å². The van der Waals surface area contributed by atoms with Crippen molar-refractivity contribution in [2.75, 3.05) is 0 Å². The molecular weight excluding hydrogens is 296 g/mol. The Morgan fingerprint density at radius 1 is 1.18 bits per heavy atom. The van der Waals surface area contributed by atoms with Gasteiger partial charge in [-0.3, -0.25) is 9.69 Å². The molecule has 2 aliphatic rings. The molecule has 1 aromatic heterocycles. The lowest BCUT2D eigenvalue weighted by molar-refractivity contribution is -0.132. The van der Waals surface area contributed by atoms with Crippen LogP contribution in [0.3, 0.4) is 0 Å². The van der Waals surface area contributed by atoms with Crippen LogP contribution < -0.4 is 5.32 Å². The second-order valence-corrected chi connectivity index (χ2v) is 6.82. The standard InChI is InChI=1S/C17H16N2O2S/c20-15-17(9-4-7-14-13(17)8-10-22-14)18-16(21)19(15)11-12-5-2-1-3-6-12/h1-3,5-6,8,10H,4,7,9,11H2,(H,18,21)/t17-/m1/s1. The predicted molar refractivity (Wildman–Crippen MR) is 84.5 cm³/mol. The number of hydrogen-bond acceptors (Lipinski definition) is 3. The molecule has 0 bridgehead atoms. The summed E-state index contributed by atoms with van der Waals surface area (Å²) >= 11 is 1.67. The van der Waals surface area contributed by atoms with Crippen molar-refractivity contribution in [2.24, 2.45) is 0 Å². The Kier molecular flexibility index (Phi) is 3.04. The van der Waals surface area contributed by atoms with Gasteiger partial charge in [-0.1, -0.05) is 30.3 Å². The summed E-state index contributed by atoms with van der Waals surface area (Å²) in [7, 11) is 0. The maximum Gasteiger partial charge on any atom is 0.325 e. The number of fused-ring (bicyclic) bond motifs is 2. The van der Waals surface area contributed by atoms with Gasteiger partial charge in [0.05, 0.1) is 6.54 Å². The van der Waals surface area contributed by atoms with Gasteiger partial charge in [-0.25, -0.2) is 4.79 Å². The molecule has 22 heavy (non-hydrogen) atoms. The van der Waals surface area contributed by atoms with E-state index in [1.807, 2.05) is 41.8 Å². The summed E-state index contributed by atoms with van der Waals surface area (Å²) in [5.74, 6) is -0.110. The topological polar surface area (TPSA) is 49.4 Å². The van der Waals surface area contributed by atoms with Gasteiger partial charge in [-0.05, 0) is 36.3 Å². The van der Waals surface area contributed by atoms with Crippen molar-refractivity contribution in [3.05, 3.63) is 57.8 Å². The largest absolute Gasteiger partial charge is 0.325 e. The lowest BCUT2D eigenvalue weighted by atomic mass is 9.80. The molecule has 2 heterocycles. The number of rotatable bonds is 2. The molecule has 1 fully saturated rings. The minimum atomic E-state index is -0.834. The lowest BCUT2D eigenvalue weighted by Crippen LogP contribution is -2.45. The second kappa shape index (κ2) is 4.95. The highest BCUT2D eigenvalue weighted by Crippen LogP contribution is 2.42. The summed E-state index contributed by atoms with van der Waals surface area (Å²) in [5.41, 5.74) is 1.13. The molecule has 5 heteroatoms. The van der Waals surface area contributed by atoms with Crippen LogP contribution in [-0.4, -0.2) is 16.8 Å². The van der Waals surface area contributed by atoms with E-state index in [4.69, 9.17) is 0 Å². The number of nitrogens with zero attached hydrogens (tertiary/aromatic N) is 1. The summed E-state index contributed by atoms with van der Waals surface area (Å²) in [6.45, 7) is 0.326. The van der Waals surface area contributed by atoms with E-state index in [1.54, 1.807) is 11.3 Å². The van der Waals surface area contributed by atoms with Gasteiger partial charge < -0.3 is 5.32 Å². The first-order valence-electron chi connectivity index (χ1n) is 7.45. The summed E-state index contributed by atoms with van der Waals surface area (Å²) in [6.07, 6.45) is 2.61. The number of urea groups is 1. The Morgan fingerprint density at radius 2 is 2.00 bits per heavy atom. The first-order chi connectivity index (χ1) is 10.7. The quantitative estimate of drug-likeness (QED) is 0.867. The van der Waals surface area contributed by atoms with Crippen LogP contribution in [0.25, 0.3) is 0 Å². The van der Waals surface area contributed by atoms with Gasteiger partial charge >= 0.3 is 6.03 Å². The molecule has 0 saturated carbocycles. The second-order valence-electron chi connectivity index (χ2n) is 5.82. The third-order valence-corrected chi connectivity index (χ3v) is 5.50. The van der Waals surface area contributed by atoms with Crippen molar-refractivity contribution in [3.63, 3.8) is 0 Å². The first-order valence-corrected chi connectivity index (χ1v) is 8.33. The van der Waals surface area contributed by atoms with Crippen LogP contribution in [0.4, 0.5) is 4.79 Å². The molecule has 4 nitrogen and oxygen atoms in total. The normalized spacial score (nSPS) is 23.7. The Bertz CT molecular complexity index is 740. The average Bonchev–Trinajstić information content (AvgIpc) is 3.10. The van der Waals surface area contributed by atoms with E-state index in [2.05, 4.69) is 5.32 Å². The number of carbonyl (C=O) groups is 2. The molecule has 1 aliphatic carbocycles. The molecule has 1 saturated heterocycles. The molecule has 1 aromatic carbocycles. The molecular formula is C17H16N2O2S. The number of carbonyl (C=O) groups excluding carboxylic acids is 2. The highest BCUT2D eigenvalue weighted by atomic mass is 32.1. The van der Waals surface area contributed by atoms with Crippen LogP contribution in [0.5, 0.6) is 0 Å². The predicted octanol–water partition coefficient (Wildman–Crippen LogP) is 3.03. The van der Waals surface area contributed by atoms with Crippen LogP contribution in [0.2, 0.25) is 0 Å². The van der Waals surface area contributed by atoms with Crippen molar-refractivity contribution in [1.29, 1.82) is 0 Å². The maximum absolute atomic E-state index is 13.0. The summed E-state index contributed by atoms with van der Waals surface area (Å²) < 4.78 is 0. The molecule has 1 atom stereocenters. The van der Waals surface area contributed by atoms with E-state index >= 15 is 0 Å². The van der Waals surface area contributed by atoms with E-state index in [0.29, 0.717) is 13.0 Å². The number of benzene rings is 1. The molecule has 0 unspecified atom stereocenters. The highest BCUT2D eigenvalue weighted by molar-refractivity contribution is 7.10. The molecule has 1 N–H and O–H groups in total. The number of hydrogen-bond donors (Lipinski definition) is 1. The molecule has 2 aromatic rings. The molecule has 1 aliphatic heterocycles. The molecule has 1 spiro atoms. The number of thiophene rings is 1. The number of imide groups is 1. The SMILES string of the molecule is O=C1N[C@@]2(CCCc3sccc32)C(=O)N1Cc1ccccc1. The minimum absolute atomic E-state index is 0.110. The molecule has 0 radical (unpaired) electrons. The first kappa shape index (κ1) is 13.5. The Labute approximate surface area is 132 Å². The van der Waals surface area contributed by atoms with Gasteiger partial charge in [0.2, 0.25) is 0 Å². The monoisotopic (exact) mass is 312 g/mol. The van der Waals surface area contributed by atoms with Crippen molar-refractivity contribution in [2.45, 2.75) is 31.3 Å². The fourth-order valence-electron chi connectivity index (χ4n) is 3.45. The molecule has 4 rings (SSSR count). The van der Waals surface area contributed by atoms with E-state index in [1.165, 1.54) is 9.78 Å². The maximum atomic E-state index is 13.0. The van der Waals surface area contributed by atoms with Crippen molar-refractivity contribution in [1.82, 2.24) is 10.2 Å². The van der Waals surface area contributed by atoms with Gasteiger partial charge in [0.25, 0.3) is 5.91 Å². The summed E-state index contributed by atoms with van der Waals surface area (Å²) in [4.78, 5) is 28.0. The van der Waals surface area contributed by atoms with Crippen LogP contribution in [0, 0.1) is 0 Å². The van der Waals surface area contributed by atoms with E-state index in [-0.39, 0.29) is 11.9 Å². The zero-order chi connectivity index (χ0) is 15.2. The fourth-order valence-corrected chi connectivity index (χ4v) is 4.45. The van der Waals surface area contributed by atoms with Gasteiger partial charge in [0.15, 0.2) is 0 Å². The minimum Gasteiger partial charge on any atom is -0.319 e. The lowest BCUT2D eigenvalue weighted by Gasteiger charge is -2.31. The average molecular weight is 312 g/mol. The van der Waals surface area contributed by atoms with Crippen LogP contribution in [0.15, 0.2) is 41.8 Å². The fraction of sp³-hybridized carbons (Fsp3) is 0.294. The van der Waals surface area contributed by atoms with Crippen LogP contribution >= 0.6 is 11.3 Å². The highest BCUT2D eigenvalue weighted by Gasteiger charge is 2.54. The smallest absolute Gasteiger partial charge is 0.319 e. The van der Waals surface area contributed by atoms with E-state index in [0.717, 1.165) is 24.0 Å². The number of amides is 3. The Hall–Kier alpha value is -2.14. The molecule has 112 valence electrons. The Balaban J connectivity index is 1.69. The van der Waals surface area contributed by atoms with Crippen molar-refractivity contribution >= 4 is 23.3 Å². The zero-order valence-corrected chi connectivity index (χ0v) is 12.9. The third kappa shape index (κ3) is 1.89. The van der Waals surface area contributed by atoms with Gasteiger partial charge in [-0.15, -0.1) is 11.3 Å². The van der Waals surface area contributed by atoms with Crippen molar-refractivity contribution < 1.29 is 9.59 Å². The van der Waals surface area contributed by atoms with E-state index in [9.17, 15) is 9.59 Å². The molecule has 3 amide bonds. The third-order valence-electron chi connectivity index (χ3n) is 4.52. The van der Waals surface area contributed by atoms with Crippen LogP contribution in [-0.2, 0) is 23.3 Å². The van der Waals surface area contributed by atoms with Crippen LogP contribution in [0.1, 0.15) is 28.8 Å². The number of nitrogens with one attached hydrogen (secondary N) is 1. The van der Waals surface area contributed by atoms with Gasteiger partial charge in [0, 0.05) is 10.4 Å².